The fraction of sp³-hybridized carbons (Fsp3) is 0.750. The lowest BCUT2D eigenvalue weighted by molar-refractivity contribution is -0.124. The van der Waals surface area contributed by atoms with Crippen LogP contribution in [-0.4, -0.2) is 23.5 Å². The van der Waals surface area contributed by atoms with E-state index in [9.17, 15) is 4.79 Å². The first-order valence-electron chi connectivity index (χ1n) is 2.30. The van der Waals surface area contributed by atoms with Crippen LogP contribution in [0.3, 0.4) is 0 Å². The number of hydrogen-bond acceptors (Lipinski definition) is 4. The Morgan fingerprint density at radius 1 is 2.00 bits per heavy atom. The SMILES string of the molecule is CC(=O)[C@@H](O)CNN. The molecule has 0 fully saturated rings. The summed E-state index contributed by atoms with van der Waals surface area (Å²) in [5.41, 5.74) is 2.18. The fourth-order valence-electron chi connectivity index (χ4n) is 0.255. The van der Waals surface area contributed by atoms with Crippen LogP contribution in [0.15, 0.2) is 0 Å². The quantitative estimate of drug-likeness (QED) is 0.308. The lowest BCUT2D eigenvalue weighted by atomic mass is 10.3. The van der Waals surface area contributed by atoms with Gasteiger partial charge in [-0.3, -0.25) is 16.1 Å². The van der Waals surface area contributed by atoms with Crippen LogP contribution in [0.1, 0.15) is 6.92 Å². The van der Waals surface area contributed by atoms with Gasteiger partial charge in [0.15, 0.2) is 5.78 Å². The second-order valence-corrected chi connectivity index (χ2v) is 1.53. The Morgan fingerprint density at radius 3 is 2.62 bits per heavy atom. The number of Topliss-reactive ketones (excluding diaryl/α,β-unsaturated/α-hetero) is 1. The molecule has 0 rings (SSSR count). The molecule has 0 aromatic carbocycles. The van der Waals surface area contributed by atoms with E-state index in [4.69, 9.17) is 10.9 Å². The first kappa shape index (κ1) is 7.55. The average Bonchev–Trinajstić information content (AvgIpc) is 1.67. The molecule has 0 spiro atoms. The topological polar surface area (TPSA) is 75.3 Å². The van der Waals surface area contributed by atoms with Gasteiger partial charge in [0, 0.05) is 6.54 Å². The van der Waals surface area contributed by atoms with E-state index >= 15 is 0 Å². The van der Waals surface area contributed by atoms with E-state index in [0.29, 0.717) is 0 Å². The van der Waals surface area contributed by atoms with Crippen LogP contribution in [-0.2, 0) is 4.79 Å². The van der Waals surface area contributed by atoms with Gasteiger partial charge in [0.05, 0.1) is 0 Å². The second-order valence-electron chi connectivity index (χ2n) is 1.53. The maximum atomic E-state index is 10.2. The third-order valence-electron chi connectivity index (χ3n) is 0.780. The van der Waals surface area contributed by atoms with Gasteiger partial charge in [-0.1, -0.05) is 0 Å². The summed E-state index contributed by atoms with van der Waals surface area (Å²) in [6.07, 6.45) is -0.958. The van der Waals surface area contributed by atoms with Gasteiger partial charge < -0.3 is 5.11 Å². The predicted molar refractivity (Wildman–Crippen MR) is 28.9 cm³/mol. The Labute approximate surface area is 47.6 Å². The van der Waals surface area contributed by atoms with Gasteiger partial charge in [-0.25, -0.2) is 0 Å². The molecule has 1 atom stereocenters. The maximum absolute atomic E-state index is 10.2. The summed E-state index contributed by atoms with van der Waals surface area (Å²) < 4.78 is 0. The predicted octanol–water partition coefficient (Wildman–Crippen LogP) is -1.60. The van der Waals surface area contributed by atoms with Crippen LogP contribution in [0.5, 0.6) is 0 Å². The van der Waals surface area contributed by atoms with Gasteiger partial charge in [0.25, 0.3) is 0 Å². The van der Waals surface area contributed by atoms with Crippen molar-refractivity contribution in [1.82, 2.24) is 5.43 Å². The zero-order valence-electron chi connectivity index (χ0n) is 4.72. The highest BCUT2D eigenvalue weighted by Gasteiger charge is 2.05. The Kier molecular flexibility index (Phi) is 3.34. The second kappa shape index (κ2) is 3.54. The molecule has 4 heteroatoms. The number of carbonyl (C=O) groups is 1. The maximum Gasteiger partial charge on any atom is 0.159 e. The zero-order chi connectivity index (χ0) is 6.57. The van der Waals surface area contributed by atoms with Crippen molar-refractivity contribution in [3.8, 4) is 0 Å². The third kappa shape index (κ3) is 2.68. The smallest absolute Gasteiger partial charge is 0.159 e. The van der Waals surface area contributed by atoms with Crippen molar-refractivity contribution < 1.29 is 9.90 Å². The summed E-state index contributed by atoms with van der Waals surface area (Å²) >= 11 is 0. The third-order valence-corrected chi connectivity index (χ3v) is 0.780. The summed E-state index contributed by atoms with van der Waals surface area (Å²) in [4.78, 5) is 10.2. The zero-order valence-corrected chi connectivity index (χ0v) is 4.72. The van der Waals surface area contributed by atoms with Crippen LogP contribution in [0.2, 0.25) is 0 Å². The molecule has 4 nitrogen and oxygen atoms in total. The molecule has 0 aromatic rings. The Bertz CT molecular complexity index is 84.1. The highest BCUT2D eigenvalue weighted by atomic mass is 16.3. The summed E-state index contributed by atoms with van der Waals surface area (Å²) in [5.74, 6) is 4.53. The number of ketones is 1. The minimum Gasteiger partial charge on any atom is -0.384 e. The number of hydrazine groups is 1. The van der Waals surface area contributed by atoms with Crippen LogP contribution in [0.25, 0.3) is 0 Å². The molecule has 0 radical (unpaired) electrons. The van der Waals surface area contributed by atoms with Gasteiger partial charge in [-0.15, -0.1) is 0 Å². The molecule has 4 N–H and O–H groups in total. The van der Waals surface area contributed by atoms with Crippen molar-refractivity contribution in [1.29, 1.82) is 0 Å². The van der Waals surface area contributed by atoms with Gasteiger partial charge in [-0.05, 0) is 6.92 Å². The van der Waals surface area contributed by atoms with E-state index < -0.39 is 6.10 Å². The number of aliphatic hydroxyl groups excluding tert-OH is 1. The van der Waals surface area contributed by atoms with Crippen molar-refractivity contribution in [3.63, 3.8) is 0 Å². The molecule has 0 saturated carbocycles. The molecule has 0 bridgehead atoms. The molecule has 0 aromatic heterocycles. The number of aliphatic hydroxyl groups is 1. The number of nitrogens with two attached hydrogens (primary N) is 1. The summed E-state index contributed by atoms with van der Waals surface area (Å²) in [5, 5.41) is 8.63. The standard InChI is InChI=1S/C4H10N2O2/c1-3(7)4(8)2-6-5/h4,6,8H,2,5H2,1H3/t4-/m0/s1. The average molecular weight is 118 g/mol. The van der Waals surface area contributed by atoms with Gasteiger partial charge in [0.1, 0.15) is 6.10 Å². The van der Waals surface area contributed by atoms with E-state index in [-0.39, 0.29) is 12.3 Å². The molecule has 0 aliphatic heterocycles. The Balaban J connectivity index is 3.32. The molecule has 8 heavy (non-hydrogen) atoms. The van der Waals surface area contributed by atoms with Gasteiger partial charge in [0.2, 0.25) is 0 Å². The highest BCUT2D eigenvalue weighted by molar-refractivity contribution is 5.80. The molecule has 0 heterocycles. The summed E-state index contributed by atoms with van der Waals surface area (Å²) in [7, 11) is 0. The van der Waals surface area contributed by atoms with Gasteiger partial charge >= 0.3 is 0 Å². The monoisotopic (exact) mass is 118 g/mol. The Hall–Kier alpha value is -0.450. The lowest BCUT2D eigenvalue weighted by Crippen LogP contribution is -2.35. The van der Waals surface area contributed by atoms with E-state index in [1.54, 1.807) is 0 Å². The lowest BCUT2D eigenvalue weighted by Gasteiger charge is -2.02. The number of rotatable bonds is 3. The molecule has 0 aliphatic rings. The first-order chi connectivity index (χ1) is 3.68. The largest absolute Gasteiger partial charge is 0.384 e. The van der Waals surface area contributed by atoms with Gasteiger partial charge in [-0.2, -0.15) is 0 Å². The highest BCUT2D eigenvalue weighted by Crippen LogP contribution is 1.78. The van der Waals surface area contributed by atoms with Crippen molar-refractivity contribution in [3.05, 3.63) is 0 Å². The van der Waals surface area contributed by atoms with E-state index in [1.807, 2.05) is 0 Å². The fourth-order valence-corrected chi connectivity index (χ4v) is 0.255. The molecular formula is C4H10N2O2. The Morgan fingerprint density at radius 2 is 2.50 bits per heavy atom. The molecule has 48 valence electrons. The summed E-state index contributed by atoms with van der Waals surface area (Å²) in [6, 6.07) is 0. The summed E-state index contributed by atoms with van der Waals surface area (Å²) in [6.45, 7) is 1.43. The number of carbonyl (C=O) groups excluding carboxylic acids is 1. The molecule has 0 unspecified atom stereocenters. The van der Waals surface area contributed by atoms with Crippen molar-refractivity contribution in [2.24, 2.45) is 5.84 Å². The first-order valence-corrected chi connectivity index (χ1v) is 2.30. The van der Waals surface area contributed by atoms with Crippen LogP contribution in [0, 0.1) is 0 Å². The normalized spacial score (nSPS) is 13.4. The molecule has 0 aliphatic carbocycles. The van der Waals surface area contributed by atoms with Crippen molar-refractivity contribution in [2.45, 2.75) is 13.0 Å². The van der Waals surface area contributed by atoms with Crippen LogP contribution in [0.4, 0.5) is 0 Å². The van der Waals surface area contributed by atoms with Crippen molar-refractivity contribution >= 4 is 5.78 Å². The van der Waals surface area contributed by atoms with Crippen molar-refractivity contribution in [2.75, 3.05) is 6.54 Å². The molecular weight excluding hydrogens is 108 g/mol. The minimum atomic E-state index is -0.958. The van der Waals surface area contributed by atoms with Crippen LogP contribution < -0.4 is 11.3 Å². The number of nitrogens with one attached hydrogen (secondary N) is 1. The number of hydrogen-bond donors (Lipinski definition) is 3. The minimum absolute atomic E-state index is 0.120. The van der Waals surface area contributed by atoms with E-state index in [2.05, 4.69) is 5.43 Å². The van der Waals surface area contributed by atoms with Crippen LogP contribution >= 0.6 is 0 Å². The molecule has 0 amide bonds. The van der Waals surface area contributed by atoms with E-state index in [1.165, 1.54) is 6.92 Å². The van der Waals surface area contributed by atoms with E-state index in [0.717, 1.165) is 0 Å². The molecule has 0 saturated heterocycles.